The van der Waals surface area contributed by atoms with Gasteiger partial charge in [-0.15, -0.1) is 0 Å². The standard InChI is InChI=1S/C20H26N4O2/c1-13(2)24-16(7-9-23-24)20-8-6-15(10-20)18(20)19(25)22-12-14-4-5-17(26-3)21-11-14/h4-5,7,9,11,13,15,18H,6,8,10,12H2,1-3H3,(H,22,25). The third-order valence-electron chi connectivity index (χ3n) is 6.08. The quantitative estimate of drug-likeness (QED) is 0.866. The molecule has 0 aromatic carbocycles. The Labute approximate surface area is 154 Å². The van der Waals surface area contributed by atoms with E-state index in [1.165, 1.54) is 5.69 Å². The van der Waals surface area contributed by atoms with Gasteiger partial charge in [-0.25, -0.2) is 4.98 Å². The topological polar surface area (TPSA) is 69.0 Å². The van der Waals surface area contributed by atoms with E-state index < -0.39 is 0 Å². The van der Waals surface area contributed by atoms with E-state index in [2.05, 4.69) is 40.0 Å². The number of aromatic nitrogens is 3. The van der Waals surface area contributed by atoms with Gasteiger partial charge in [-0.3, -0.25) is 9.48 Å². The van der Waals surface area contributed by atoms with Crippen molar-refractivity contribution in [2.24, 2.45) is 11.8 Å². The molecule has 26 heavy (non-hydrogen) atoms. The largest absolute Gasteiger partial charge is 0.481 e. The first-order valence-electron chi connectivity index (χ1n) is 9.36. The molecule has 6 heteroatoms. The van der Waals surface area contributed by atoms with Crippen LogP contribution in [0.2, 0.25) is 0 Å². The highest BCUT2D eigenvalue weighted by Crippen LogP contribution is 2.64. The number of fused-ring (bicyclic) bond motifs is 1. The minimum atomic E-state index is -0.0340. The van der Waals surface area contributed by atoms with Gasteiger partial charge in [-0.05, 0) is 50.7 Å². The number of hydrogen-bond donors (Lipinski definition) is 1. The molecular formula is C20H26N4O2. The predicted molar refractivity (Wildman–Crippen MR) is 97.8 cm³/mol. The summed E-state index contributed by atoms with van der Waals surface area (Å²) in [7, 11) is 1.59. The highest BCUT2D eigenvalue weighted by molar-refractivity contribution is 5.82. The van der Waals surface area contributed by atoms with E-state index in [9.17, 15) is 4.79 Å². The molecule has 0 aliphatic heterocycles. The number of pyridine rings is 1. The van der Waals surface area contributed by atoms with Crippen molar-refractivity contribution in [1.82, 2.24) is 20.1 Å². The van der Waals surface area contributed by atoms with Gasteiger partial charge in [-0.1, -0.05) is 6.07 Å². The van der Waals surface area contributed by atoms with E-state index in [-0.39, 0.29) is 17.2 Å². The third kappa shape index (κ3) is 2.59. The molecule has 0 saturated heterocycles. The van der Waals surface area contributed by atoms with Gasteiger partial charge < -0.3 is 10.1 Å². The number of carbonyl (C=O) groups is 1. The van der Waals surface area contributed by atoms with Crippen LogP contribution in [0.15, 0.2) is 30.6 Å². The minimum absolute atomic E-state index is 0.0340. The molecule has 2 heterocycles. The van der Waals surface area contributed by atoms with E-state index in [1.54, 1.807) is 13.3 Å². The lowest BCUT2D eigenvalue weighted by molar-refractivity contribution is -0.133. The van der Waals surface area contributed by atoms with E-state index >= 15 is 0 Å². The van der Waals surface area contributed by atoms with Gasteiger partial charge in [0.05, 0.1) is 13.0 Å². The molecule has 2 aromatic heterocycles. The lowest BCUT2D eigenvalue weighted by Gasteiger charge is -2.46. The minimum Gasteiger partial charge on any atom is -0.481 e. The summed E-state index contributed by atoms with van der Waals surface area (Å²) in [5, 5.41) is 7.62. The molecule has 2 aromatic rings. The summed E-state index contributed by atoms with van der Waals surface area (Å²) < 4.78 is 7.17. The van der Waals surface area contributed by atoms with Crippen LogP contribution in [0, 0.1) is 11.8 Å². The van der Waals surface area contributed by atoms with E-state index in [4.69, 9.17) is 4.74 Å². The molecule has 5 rings (SSSR count). The molecule has 138 valence electrons. The van der Waals surface area contributed by atoms with Gasteiger partial charge >= 0.3 is 0 Å². The fraction of sp³-hybridized carbons (Fsp3) is 0.550. The number of ether oxygens (including phenoxy) is 1. The normalized spacial score (nSPS) is 26.6. The molecule has 3 saturated carbocycles. The number of rotatable bonds is 6. The maximum atomic E-state index is 13.0. The highest BCUT2D eigenvalue weighted by Gasteiger charge is 2.63. The van der Waals surface area contributed by atoms with Crippen LogP contribution in [0.4, 0.5) is 0 Å². The van der Waals surface area contributed by atoms with Crippen LogP contribution in [-0.2, 0) is 16.8 Å². The van der Waals surface area contributed by atoms with Gasteiger partial charge in [0.15, 0.2) is 0 Å². The molecule has 6 nitrogen and oxygen atoms in total. The maximum Gasteiger partial charge on any atom is 0.224 e. The summed E-state index contributed by atoms with van der Waals surface area (Å²) in [6.45, 7) is 4.78. The van der Waals surface area contributed by atoms with Crippen LogP contribution in [-0.4, -0.2) is 27.8 Å². The first-order valence-corrected chi connectivity index (χ1v) is 9.36. The molecule has 1 amide bonds. The second kappa shape index (κ2) is 6.41. The molecule has 3 fully saturated rings. The van der Waals surface area contributed by atoms with E-state index in [1.807, 2.05) is 18.3 Å². The monoisotopic (exact) mass is 354 g/mol. The van der Waals surface area contributed by atoms with Gasteiger partial charge in [0.2, 0.25) is 11.8 Å². The zero-order chi connectivity index (χ0) is 18.3. The number of amides is 1. The number of methoxy groups -OCH3 is 1. The summed E-state index contributed by atoms with van der Waals surface area (Å²) in [6, 6.07) is 6.17. The zero-order valence-electron chi connectivity index (χ0n) is 15.6. The Kier molecular flexibility index (Phi) is 4.21. The Hall–Kier alpha value is -2.37. The molecule has 3 unspecified atom stereocenters. The molecule has 3 aliphatic rings. The van der Waals surface area contributed by atoms with Gasteiger partial charge in [0, 0.05) is 42.2 Å². The number of nitrogens with zero attached hydrogens (tertiary/aromatic N) is 3. The van der Waals surface area contributed by atoms with Crippen LogP contribution >= 0.6 is 0 Å². The first kappa shape index (κ1) is 17.1. The zero-order valence-corrected chi connectivity index (χ0v) is 15.6. The summed E-state index contributed by atoms with van der Waals surface area (Å²) in [6.07, 6.45) is 6.93. The Morgan fingerprint density at radius 3 is 2.92 bits per heavy atom. The second-order valence-electron chi connectivity index (χ2n) is 7.82. The first-order chi connectivity index (χ1) is 12.5. The Bertz CT molecular complexity index is 794. The highest BCUT2D eigenvalue weighted by atomic mass is 16.5. The van der Waals surface area contributed by atoms with Gasteiger partial charge in [0.1, 0.15) is 0 Å². The Morgan fingerprint density at radius 2 is 2.27 bits per heavy atom. The molecule has 0 radical (unpaired) electrons. The SMILES string of the molecule is COc1ccc(CNC(=O)C2C3CCC2(c2ccnn2C(C)C)C3)cn1. The average Bonchev–Trinajstić information content (AvgIpc) is 3.34. The smallest absolute Gasteiger partial charge is 0.224 e. The van der Waals surface area contributed by atoms with Gasteiger partial charge in [0.25, 0.3) is 0 Å². The van der Waals surface area contributed by atoms with Crippen LogP contribution in [0.5, 0.6) is 5.88 Å². The van der Waals surface area contributed by atoms with Crippen molar-refractivity contribution in [1.29, 1.82) is 0 Å². The average molecular weight is 354 g/mol. The van der Waals surface area contributed by atoms with Crippen LogP contribution in [0.3, 0.4) is 0 Å². The molecule has 1 N–H and O–H groups in total. The molecule has 3 atom stereocenters. The van der Waals surface area contributed by atoms with Gasteiger partial charge in [-0.2, -0.15) is 5.10 Å². The molecule has 2 bridgehead atoms. The summed E-state index contributed by atoms with van der Waals surface area (Å²) >= 11 is 0. The summed E-state index contributed by atoms with van der Waals surface area (Å²) in [5.74, 6) is 1.30. The lowest BCUT2D eigenvalue weighted by atomic mass is 9.58. The second-order valence-corrected chi connectivity index (χ2v) is 7.82. The van der Waals surface area contributed by atoms with Crippen molar-refractivity contribution in [2.45, 2.75) is 51.1 Å². The lowest BCUT2D eigenvalue weighted by Crippen LogP contribution is -2.53. The van der Waals surface area contributed by atoms with E-state index in [0.717, 1.165) is 24.8 Å². The molecule has 3 aliphatic carbocycles. The van der Waals surface area contributed by atoms with Crippen LogP contribution < -0.4 is 10.1 Å². The van der Waals surface area contributed by atoms with Crippen molar-refractivity contribution >= 4 is 5.91 Å². The number of carbonyl (C=O) groups excluding carboxylic acids is 1. The maximum absolute atomic E-state index is 13.0. The number of nitrogens with one attached hydrogen (secondary N) is 1. The van der Waals surface area contributed by atoms with Crippen molar-refractivity contribution in [3.05, 3.63) is 41.9 Å². The van der Waals surface area contributed by atoms with Crippen molar-refractivity contribution in [3.63, 3.8) is 0 Å². The third-order valence-corrected chi connectivity index (χ3v) is 6.08. The van der Waals surface area contributed by atoms with Crippen molar-refractivity contribution in [3.8, 4) is 5.88 Å². The van der Waals surface area contributed by atoms with E-state index in [0.29, 0.717) is 24.4 Å². The fourth-order valence-corrected chi connectivity index (χ4v) is 4.88. The Balaban J connectivity index is 1.48. The fourth-order valence-electron chi connectivity index (χ4n) is 4.88. The van der Waals surface area contributed by atoms with Crippen LogP contribution in [0.1, 0.15) is 50.4 Å². The molecule has 0 spiro atoms. The summed E-state index contributed by atoms with van der Waals surface area (Å²) in [5.41, 5.74) is 2.17. The molecular weight excluding hydrogens is 328 g/mol. The van der Waals surface area contributed by atoms with Crippen molar-refractivity contribution in [2.75, 3.05) is 7.11 Å². The van der Waals surface area contributed by atoms with Crippen molar-refractivity contribution < 1.29 is 9.53 Å². The Morgan fingerprint density at radius 1 is 1.42 bits per heavy atom. The summed E-state index contributed by atoms with van der Waals surface area (Å²) in [4.78, 5) is 17.2. The predicted octanol–water partition coefficient (Wildman–Crippen LogP) is 2.85. The number of hydrogen-bond acceptors (Lipinski definition) is 4. The van der Waals surface area contributed by atoms with Crippen LogP contribution in [0.25, 0.3) is 0 Å².